The number of likely N-dealkylation sites (N-methyl/N-ethyl adjacent to an activating group) is 1. The van der Waals surface area contributed by atoms with Crippen LogP contribution in [-0.2, 0) is 49.5 Å². The van der Waals surface area contributed by atoms with Gasteiger partial charge in [0.1, 0.15) is 47.8 Å². The van der Waals surface area contributed by atoms with Crippen LogP contribution in [0.25, 0.3) is 11.5 Å². The number of hydrogen-bond donors (Lipinski definition) is 3. The quantitative estimate of drug-likeness (QED) is 0.185. The summed E-state index contributed by atoms with van der Waals surface area (Å²) in [5.41, 5.74) is -0.788. The lowest BCUT2D eigenvalue weighted by molar-refractivity contribution is -0.296. The lowest BCUT2D eigenvalue weighted by atomic mass is 9.76. The van der Waals surface area contributed by atoms with Gasteiger partial charge in [-0.1, -0.05) is 37.1 Å². The van der Waals surface area contributed by atoms with Gasteiger partial charge in [-0.3, -0.25) is 19.4 Å². The molecule has 0 aliphatic carbocycles. The molecule has 17 nitrogen and oxygen atoms in total. The van der Waals surface area contributed by atoms with Crippen LogP contribution in [0.5, 0.6) is 0 Å². The predicted molar refractivity (Wildman–Crippen MR) is 218 cm³/mol. The van der Waals surface area contributed by atoms with Crippen molar-refractivity contribution in [3.63, 3.8) is 0 Å². The van der Waals surface area contributed by atoms with Crippen molar-refractivity contribution in [3.05, 3.63) is 47.4 Å². The predicted octanol–water partition coefficient (Wildman–Crippen LogP) is 3.96. The fourth-order valence-electron chi connectivity index (χ4n) is 8.64. The summed E-state index contributed by atoms with van der Waals surface area (Å²) in [7, 11) is 3.73. The third-order valence-corrected chi connectivity index (χ3v) is 11.9. The summed E-state index contributed by atoms with van der Waals surface area (Å²) in [6, 6.07) is 4.97. The van der Waals surface area contributed by atoms with Crippen LogP contribution in [0.4, 0.5) is 0 Å². The zero-order valence-electron chi connectivity index (χ0n) is 36.7. The number of amides is 1. The summed E-state index contributed by atoms with van der Waals surface area (Å²) in [5.74, 6) is -4.00. The number of carbonyl (C=O) groups is 3. The molecular formula is C43H63N5O12. The molecule has 0 saturated carbocycles. The van der Waals surface area contributed by atoms with E-state index in [0.717, 1.165) is 0 Å². The number of cyclic esters (lactones) is 1. The first-order chi connectivity index (χ1) is 28.3. The van der Waals surface area contributed by atoms with E-state index in [9.17, 15) is 24.6 Å². The number of nitrogens with zero attached hydrogens (tertiary/aromatic N) is 4. The maximum atomic E-state index is 14.5. The van der Waals surface area contributed by atoms with Gasteiger partial charge in [0.15, 0.2) is 17.8 Å². The topological polar surface area (TPSA) is 214 Å². The molecule has 1 saturated heterocycles. The molecule has 2 aromatic heterocycles. The highest BCUT2D eigenvalue weighted by molar-refractivity contribution is 6.00. The number of oxime groups is 1. The highest BCUT2D eigenvalue weighted by Gasteiger charge is 2.52. The van der Waals surface area contributed by atoms with Crippen LogP contribution >= 0.6 is 0 Å². The number of aromatic nitrogens is 2. The molecule has 332 valence electrons. The van der Waals surface area contributed by atoms with E-state index in [4.69, 9.17) is 33.0 Å². The summed E-state index contributed by atoms with van der Waals surface area (Å²) >= 11 is 0. The van der Waals surface area contributed by atoms with Crippen LogP contribution in [0.15, 0.2) is 51.5 Å². The summed E-state index contributed by atoms with van der Waals surface area (Å²) in [5, 5.41) is 35.2. The molecule has 0 aromatic carbocycles. The zero-order valence-corrected chi connectivity index (χ0v) is 36.7. The van der Waals surface area contributed by atoms with E-state index in [1.54, 1.807) is 46.0 Å². The molecular weight excluding hydrogens is 778 g/mol. The SMILES string of the molecule is CC[C@H]1OC(=O)[C@H](C)C(=O)[C@H](C)[C@@H](O[C@@H]2O[C@H](C)C[C@H](N(C)C)[C@H]2O)[C@@]2(C)C[C@@H](C)C(NC(C)=O)=C(C)[C@@H](OCC(=NOCc3ccc(-c4ccno4)nc3)CO2)[C@]1(C)O. The molecule has 60 heavy (non-hydrogen) atoms. The van der Waals surface area contributed by atoms with Gasteiger partial charge in [0.25, 0.3) is 0 Å². The van der Waals surface area contributed by atoms with Gasteiger partial charge >= 0.3 is 5.97 Å². The number of carbonyl (C=O) groups excluding carboxylic acids is 3. The first-order valence-electron chi connectivity index (χ1n) is 20.7. The zero-order chi connectivity index (χ0) is 44.1. The maximum absolute atomic E-state index is 14.5. The number of nitrogens with one attached hydrogen (secondary N) is 1. The van der Waals surface area contributed by atoms with Gasteiger partial charge in [0.05, 0.1) is 37.2 Å². The van der Waals surface area contributed by atoms with Gasteiger partial charge in [-0.15, -0.1) is 0 Å². The molecule has 1 amide bonds. The fraction of sp³-hybridized carbons (Fsp3) is 0.674. The van der Waals surface area contributed by atoms with Gasteiger partial charge < -0.3 is 53.5 Å². The number of esters is 1. The van der Waals surface area contributed by atoms with Crippen molar-refractivity contribution in [3.8, 4) is 11.5 Å². The standard InChI is InChI=1S/C43H63N5O12/c1-12-34-43(9,53)39-25(4)35(46-28(7)49)23(2)18-42(8,55-22-30(21-54-39)47-56-20-29-13-14-31(44-19-29)33-15-16-45-60-33)38(26(5)36(50)27(6)40(52)58-34)59-41-37(51)32(48(10)11)17-24(3)57-41/h13-16,19,23-24,26-27,32,34,37-39,41,51,53H,12,17-18,20-22H2,1-11H3,(H,46,49)/t23-,24-,26+,27-,32+,34-,37-,38-,39-,41+,42-,43-/m1/s1. The normalized spacial score (nSPS) is 35.7. The fourth-order valence-corrected chi connectivity index (χ4v) is 8.64. The number of aliphatic hydroxyl groups excluding tert-OH is 1. The maximum Gasteiger partial charge on any atom is 0.316 e. The van der Waals surface area contributed by atoms with E-state index in [-0.39, 0.29) is 56.4 Å². The first kappa shape index (κ1) is 47.0. The van der Waals surface area contributed by atoms with Crippen LogP contribution in [0.1, 0.15) is 87.1 Å². The largest absolute Gasteiger partial charge is 0.459 e. The third kappa shape index (κ3) is 10.7. The second kappa shape index (κ2) is 19.7. The Morgan fingerprint density at radius 1 is 1.12 bits per heavy atom. The Balaban J connectivity index is 1.64. The van der Waals surface area contributed by atoms with Crippen molar-refractivity contribution in [1.82, 2.24) is 20.4 Å². The number of fused-ring (bicyclic) bond motifs is 4. The molecule has 5 heterocycles. The Morgan fingerprint density at radius 3 is 2.47 bits per heavy atom. The van der Waals surface area contributed by atoms with E-state index < -0.39 is 71.4 Å². The number of aliphatic hydroxyl groups is 2. The minimum absolute atomic E-state index is 0.0272. The van der Waals surface area contributed by atoms with E-state index in [1.807, 2.05) is 38.9 Å². The molecule has 0 spiro atoms. The van der Waals surface area contributed by atoms with Gasteiger partial charge in [0, 0.05) is 42.4 Å². The molecule has 3 aliphatic heterocycles. The molecule has 5 rings (SSSR count). The lowest BCUT2D eigenvalue weighted by Gasteiger charge is -2.47. The highest BCUT2D eigenvalue weighted by Crippen LogP contribution is 2.40. The van der Waals surface area contributed by atoms with Crippen molar-refractivity contribution in [1.29, 1.82) is 0 Å². The average molecular weight is 842 g/mol. The number of ether oxygens (including phenoxy) is 5. The summed E-state index contributed by atoms with van der Waals surface area (Å²) < 4.78 is 37.6. The number of pyridine rings is 1. The molecule has 0 unspecified atom stereocenters. The number of allylic oxidation sites excluding steroid dienone is 1. The molecule has 2 bridgehead atoms. The van der Waals surface area contributed by atoms with E-state index >= 15 is 0 Å². The molecule has 12 atom stereocenters. The highest BCUT2D eigenvalue weighted by atomic mass is 16.7. The van der Waals surface area contributed by atoms with Gasteiger partial charge in [-0.05, 0) is 85.5 Å². The van der Waals surface area contributed by atoms with Crippen molar-refractivity contribution < 1.29 is 57.6 Å². The summed E-state index contributed by atoms with van der Waals surface area (Å²) in [6.07, 6.45) is -2.06. The molecule has 3 N–H and O–H groups in total. The van der Waals surface area contributed by atoms with Gasteiger partial charge in [-0.25, -0.2) is 0 Å². The van der Waals surface area contributed by atoms with Crippen LogP contribution in [0, 0.1) is 17.8 Å². The van der Waals surface area contributed by atoms with E-state index in [2.05, 4.69) is 20.6 Å². The van der Waals surface area contributed by atoms with Gasteiger partial charge in [0.2, 0.25) is 5.91 Å². The van der Waals surface area contributed by atoms with Crippen molar-refractivity contribution in [2.24, 2.45) is 22.9 Å². The molecule has 1 fully saturated rings. The number of hydrogen-bond acceptors (Lipinski definition) is 16. The summed E-state index contributed by atoms with van der Waals surface area (Å²) in [4.78, 5) is 53.4. The summed E-state index contributed by atoms with van der Waals surface area (Å²) in [6.45, 7) is 14.7. The molecule has 0 radical (unpaired) electrons. The van der Waals surface area contributed by atoms with Crippen LogP contribution in [0.3, 0.4) is 0 Å². The minimum Gasteiger partial charge on any atom is -0.459 e. The van der Waals surface area contributed by atoms with Crippen molar-refractivity contribution in [2.75, 3.05) is 27.3 Å². The van der Waals surface area contributed by atoms with Crippen molar-refractivity contribution >= 4 is 23.4 Å². The molecule has 2 aromatic rings. The van der Waals surface area contributed by atoms with Crippen LogP contribution in [0.2, 0.25) is 0 Å². The number of Topliss-reactive ketones (excluding diaryl/α,β-unsaturated/α-hetero) is 1. The van der Waals surface area contributed by atoms with Gasteiger partial charge in [-0.2, -0.15) is 0 Å². The minimum atomic E-state index is -1.88. The Bertz CT molecular complexity index is 1850. The van der Waals surface area contributed by atoms with Crippen molar-refractivity contribution in [2.45, 2.75) is 142 Å². The average Bonchev–Trinajstić information content (AvgIpc) is 3.74. The molecule has 3 aliphatic rings. The Hall–Kier alpha value is -4.10. The second-order valence-electron chi connectivity index (χ2n) is 17.1. The Kier molecular flexibility index (Phi) is 15.4. The molecule has 17 heteroatoms. The lowest BCUT2D eigenvalue weighted by Crippen LogP contribution is -2.59. The Labute approximate surface area is 352 Å². The third-order valence-electron chi connectivity index (χ3n) is 11.9. The number of ketones is 1. The van der Waals surface area contributed by atoms with Crippen LogP contribution in [-0.4, -0.2) is 130 Å². The second-order valence-corrected chi connectivity index (χ2v) is 17.1. The number of rotatable bonds is 9. The monoisotopic (exact) mass is 841 g/mol. The smallest absolute Gasteiger partial charge is 0.316 e. The Morgan fingerprint density at radius 2 is 1.85 bits per heavy atom. The van der Waals surface area contributed by atoms with Crippen LogP contribution < -0.4 is 5.32 Å². The van der Waals surface area contributed by atoms with E-state index in [1.165, 1.54) is 27.0 Å². The first-order valence-corrected chi connectivity index (χ1v) is 20.7. The van der Waals surface area contributed by atoms with E-state index in [0.29, 0.717) is 34.7 Å².